The van der Waals surface area contributed by atoms with Crippen molar-refractivity contribution in [3.8, 4) is 0 Å². The van der Waals surface area contributed by atoms with Gasteiger partial charge in [-0.3, -0.25) is 9.69 Å². The maximum atomic E-state index is 12.3. The van der Waals surface area contributed by atoms with Crippen LogP contribution >= 0.6 is 11.8 Å². The number of nitrogens with one attached hydrogen (secondary N) is 1. The molecule has 2 heterocycles. The molecule has 2 aromatic rings. The molecule has 1 fully saturated rings. The number of likely N-dealkylation sites (N-methyl/N-ethyl adjacent to an activating group) is 1. The Balaban J connectivity index is 0.000000232. The highest BCUT2D eigenvalue weighted by Crippen LogP contribution is 2.35. The molecule has 0 aromatic heterocycles. The summed E-state index contributed by atoms with van der Waals surface area (Å²) in [6.07, 6.45) is -2.10. The van der Waals surface area contributed by atoms with E-state index in [1.165, 1.54) is 48.4 Å². The minimum absolute atomic E-state index is 0.0584. The van der Waals surface area contributed by atoms with Crippen LogP contribution in [0.2, 0.25) is 0 Å². The summed E-state index contributed by atoms with van der Waals surface area (Å²) in [6, 6.07) is 13.6. The number of carbonyl (C=O) groups is 1. The Hall–Kier alpha value is -3.20. The van der Waals surface area contributed by atoms with Crippen molar-refractivity contribution in [1.82, 2.24) is 15.1 Å². The number of hydrogen-bond donors (Lipinski definition) is 1. The van der Waals surface area contributed by atoms with Crippen LogP contribution in [0.5, 0.6) is 0 Å². The summed E-state index contributed by atoms with van der Waals surface area (Å²) in [5, 5.41) is 2.66. The topological polar surface area (TPSA) is 61.9 Å². The lowest BCUT2D eigenvalue weighted by molar-refractivity contribution is -0.137. The molecule has 1 unspecified atom stereocenters. The molecule has 0 aliphatic carbocycles. The highest BCUT2D eigenvalue weighted by molar-refractivity contribution is 7.99. The number of rotatable bonds is 8. The van der Waals surface area contributed by atoms with Gasteiger partial charge in [-0.15, -0.1) is 0 Å². The van der Waals surface area contributed by atoms with E-state index in [2.05, 4.69) is 34.5 Å². The quantitative estimate of drug-likeness (QED) is 0.414. The van der Waals surface area contributed by atoms with Crippen LogP contribution in [-0.4, -0.2) is 59.8 Å². The summed E-state index contributed by atoms with van der Waals surface area (Å²) in [5.74, 6) is 5.00. The zero-order valence-corrected chi connectivity index (χ0v) is 23.9. The van der Waals surface area contributed by atoms with Crippen molar-refractivity contribution in [3.63, 3.8) is 0 Å². The molecule has 2 aliphatic rings. The average molecular weight is 576 g/mol. The fraction of sp³-hybridized carbons (Fsp3) is 0.433. The first-order chi connectivity index (χ1) is 19.1. The Bertz CT molecular complexity index is 1190. The van der Waals surface area contributed by atoms with Crippen LogP contribution in [0.15, 0.2) is 66.1 Å². The van der Waals surface area contributed by atoms with Crippen molar-refractivity contribution >= 4 is 23.6 Å². The van der Waals surface area contributed by atoms with E-state index in [-0.39, 0.29) is 12.1 Å². The van der Waals surface area contributed by atoms with Crippen molar-refractivity contribution in [2.45, 2.75) is 45.6 Å². The molecular weight excluding hydrogens is 539 g/mol. The molecule has 0 bridgehead atoms. The van der Waals surface area contributed by atoms with E-state index < -0.39 is 11.7 Å². The molecule has 2 aromatic carbocycles. The predicted molar refractivity (Wildman–Crippen MR) is 152 cm³/mol. The molecule has 40 heavy (non-hydrogen) atoms. The number of nitrogens with zero attached hydrogens (tertiary/aromatic N) is 2. The Morgan fingerprint density at radius 2 is 1.73 bits per heavy atom. The van der Waals surface area contributed by atoms with Gasteiger partial charge >= 0.3 is 6.18 Å². The first-order valence-corrected chi connectivity index (χ1v) is 14.4. The highest BCUT2D eigenvalue weighted by Gasteiger charge is 2.30. The molecular formula is C30H36F3N3O3S. The third-order valence-electron chi connectivity index (χ3n) is 6.69. The van der Waals surface area contributed by atoms with E-state index >= 15 is 0 Å². The van der Waals surface area contributed by atoms with Crippen LogP contribution in [0.25, 0.3) is 0 Å². The third-order valence-corrected chi connectivity index (χ3v) is 7.63. The smallest absolute Gasteiger partial charge is 0.416 e. The average Bonchev–Trinajstić information content (AvgIpc) is 3.23. The molecule has 1 atom stereocenters. The first-order valence-electron chi connectivity index (χ1n) is 13.3. The van der Waals surface area contributed by atoms with E-state index in [9.17, 15) is 22.8 Å². The SMILES string of the molecule is CC1=C(C=C=O)N(C)C(c2ccc(CN3CCSCC3)cc2)O1.CCC(=O)NCCc1ccc(C(F)(F)F)cc1. The predicted octanol–water partition coefficient (Wildman–Crippen LogP) is 5.59. The van der Waals surface area contributed by atoms with E-state index in [4.69, 9.17) is 4.74 Å². The van der Waals surface area contributed by atoms with Gasteiger partial charge in [0.15, 0.2) is 6.23 Å². The molecule has 4 rings (SSSR count). The minimum Gasteiger partial charge on any atom is -0.469 e. The zero-order valence-electron chi connectivity index (χ0n) is 23.1. The summed E-state index contributed by atoms with van der Waals surface area (Å²) < 4.78 is 42.7. The van der Waals surface area contributed by atoms with Crippen molar-refractivity contribution in [2.75, 3.05) is 38.2 Å². The lowest BCUT2D eigenvalue weighted by Crippen LogP contribution is -2.31. The van der Waals surface area contributed by atoms with Crippen molar-refractivity contribution in [2.24, 2.45) is 0 Å². The fourth-order valence-corrected chi connectivity index (χ4v) is 5.35. The number of alkyl halides is 3. The number of hydrogen-bond acceptors (Lipinski definition) is 6. The van der Waals surface area contributed by atoms with Gasteiger partial charge in [-0.1, -0.05) is 43.3 Å². The van der Waals surface area contributed by atoms with E-state index in [1.807, 2.05) is 36.6 Å². The van der Waals surface area contributed by atoms with Gasteiger partial charge in [-0.2, -0.15) is 24.9 Å². The molecule has 0 saturated carbocycles. The molecule has 1 saturated heterocycles. The third kappa shape index (κ3) is 9.18. The van der Waals surface area contributed by atoms with Gasteiger partial charge in [0.25, 0.3) is 0 Å². The lowest BCUT2D eigenvalue weighted by atomic mass is 10.1. The van der Waals surface area contributed by atoms with E-state index in [0.717, 1.165) is 41.3 Å². The molecule has 6 nitrogen and oxygen atoms in total. The summed E-state index contributed by atoms with van der Waals surface area (Å²) in [4.78, 5) is 26.0. The van der Waals surface area contributed by atoms with Crippen LogP contribution in [0.3, 0.4) is 0 Å². The summed E-state index contributed by atoms with van der Waals surface area (Å²) >= 11 is 2.03. The highest BCUT2D eigenvalue weighted by atomic mass is 32.2. The molecule has 10 heteroatoms. The first kappa shape index (κ1) is 31.3. The van der Waals surface area contributed by atoms with E-state index in [0.29, 0.717) is 19.4 Å². The molecule has 1 N–H and O–H groups in total. The normalized spacial score (nSPS) is 17.4. The number of ether oxygens (including phenoxy) is 1. The number of thioether (sulfide) groups is 1. The van der Waals surface area contributed by atoms with Gasteiger partial charge < -0.3 is 15.0 Å². The molecule has 0 radical (unpaired) electrons. The number of amides is 1. The molecule has 0 spiro atoms. The summed E-state index contributed by atoms with van der Waals surface area (Å²) in [7, 11) is 1.93. The molecule has 216 valence electrons. The summed E-state index contributed by atoms with van der Waals surface area (Å²) in [5.41, 5.74) is 3.34. The maximum absolute atomic E-state index is 12.3. The van der Waals surface area contributed by atoms with Crippen LogP contribution in [0.1, 0.15) is 48.8 Å². The fourth-order valence-electron chi connectivity index (χ4n) is 4.37. The second-order valence-corrected chi connectivity index (χ2v) is 10.8. The van der Waals surface area contributed by atoms with E-state index in [1.54, 1.807) is 6.92 Å². The Morgan fingerprint density at radius 1 is 1.10 bits per heavy atom. The van der Waals surface area contributed by atoms with Gasteiger partial charge in [0, 0.05) is 62.8 Å². The second kappa shape index (κ2) is 15.0. The molecule has 1 amide bonds. The zero-order chi connectivity index (χ0) is 29.1. The monoisotopic (exact) mass is 575 g/mol. The Morgan fingerprint density at radius 3 is 2.30 bits per heavy atom. The van der Waals surface area contributed by atoms with Crippen LogP contribution in [-0.2, 0) is 33.5 Å². The number of allylic oxidation sites excluding steroid dienone is 2. The van der Waals surface area contributed by atoms with Gasteiger partial charge in [-0.05, 0) is 36.6 Å². The van der Waals surface area contributed by atoms with Gasteiger partial charge in [0.05, 0.1) is 11.3 Å². The Kier molecular flexibility index (Phi) is 11.7. The van der Waals surface area contributed by atoms with Crippen molar-refractivity contribution < 1.29 is 27.5 Å². The standard InChI is InChI=1S/C18H22N2O2S.C12H14F3NO/c1-14-17(7-10-21)19(2)18(22-14)16-5-3-15(4-6-16)13-20-8-11-23-12-9-20;1-2-11(17)16-8-7-9-3-5-10(6-4-9)12(13,14)15/h3-7,18H,8-9,11-13H2,1-2H3;3-6H,2,7-8H2,1H3,(H,16,17). The van der Waals surface area contributed by atoms with Crippen LogP contribution < -0.4 is 5.32 Å². The van der Waals surface area contributed by atoms with Gasteiger partial charge in [0.1, 0.15) is 11.7 Å². The number of carbonyl (C=O) groups excluding carboxylic acids is 2. The minimum atomic E-state index is -4.30. The van der Waals surface area contributed by atoms with Crippen molar-refractivity contribution in [3.05, 3.63) is 88.3 Å². The van der Waals surface area contributed by atoms with Crippen molar-refractivity contribution in [1.29, 1.82) is 0 Å². The number of benzene rings is 2. The van der Waals surface area contributed by atoms with Crippen LogP contribution in [0.4, 0.5) is 13.2 Å². The number of halogens is 3. The largest absolute Gasteiger partial charge is 0.469 e. The maximum Gasteiger partial charge on any atom is 0.416 e. The molecule has 2 aliphatic heterocycles. The lowest BCUT2D eigenvalue weighted by Gasteiger charge is -2.26. The second-order valence-electron chi connectivity index (χ2n) is 9.56. The van der Waals surface area contributed by atoms with Gasteiger partial charge in [0.2, 0.25) is 5.91 Å². The van der Waals surface area contributed by atoms with Gasteiger partial charge in [-0.25, -0.2) is 4.79 Å². The summed E-state index contributed by atoms with van der Waals surface area (Å²) in [6.45, 7) is 7.42. The Labute approximate surface area is 238 Å². The van der Waals surface area contributed by atoms with Crippen LogP contribution in [0, 0.1) is 0 Å².